The Balaban J connectivity index is 2.11. The van der Waals surface area contributed by atoms with E-state index in [0.29, 0.717) is 26.9 Å². The molecule has 0 aromatic heterocycles. The van der Waals surface area contributed by atoms with Crippen molar-refractivity contribution in [3.05, 3.63) is 62.3 Å². The van der Waals surface area contributed by atoms with Gasteiger partial charge in [0.25, 0.3) is 0 Å². The molecule has 2 aromatic carbocycles. The Labute approximate surface area is 123 Å². The third-order valence-corrected chi connectivity index (χ3v) is 3.67. The molecule has 0 unspecified atom stereocenters. The van der Waals surface area contributed by atoms with E-state index in [9.17, 15) is 4.39 Å². The minimum atomic E-state index is -0.345. The molecule has 0 saturated heterocycles. The fraction of sp³-hybridized carbons (Fsp3) is 0.0769. The first-order valence-electron chi connectivity index (χ1n) is 5.08. The van der Waals surface area contributed by atoms with Gasteiger partial charge in [0, 0.05) is 6.07 Å². The number of halogens is 4. The maximum atomic E-state index is 13.1. The van der Waals surface area contributed by atoms with Crippen molar-refractivity contribution in [1.82, 2.24) is 0 Å². The highest BCUT2D eigenvalue weighted by atomic mass is 79.9. The average molecular weight is 350 g/mol. The van der Waals surface area contributed by atoms with Gasteiger partial charge in [-0.25, -0.2) is 4.39 Å². The first kappa shape index (κ1) is 13.7. The van der Waals surface area contributed by atoms with Gasteiger partial charge in [-0.1, -0.05) is 29.3 Å². The van der Waals surface area contributed by atoms with Gasteiger partial charge < -0.3 is 4.74 Å². The van der Waals surface area contributed by atoms with E-state index < -0.39 is 0 Å². The molecule has 0 bridgehead atoms. The lowest BCUT2D eigenvalue weighted by Gasteiger charge is -2.09. The Bertz CT molecular complexity index is 575. The molecule has 0 radical (unpaired) electrons. The van der Waals surface area contributed by atoms with Crippen LogP contribution in [-0.2, 0) is 6.61 Å². The summed E-state index contributed by atoms with van der Waals surface area (Å²) >= 11 is 15.0. The Hall–Kier alpha value is -0.770. The number of benzene rings is 2. The van der Waals surface area contributed by atoms with Gasteiger partial charge in [0.15, 0.2) is 0 Å². The molecule has 0 aliphatic heterocycles. The zero-order valence-corrected chi connectivity index (χ0v) is 12.2. The summed E-state index contributed by atoms with van der Waals surface area (Å²) in [5.41, 5.74) is 0.862. The fourth-order valence-electron chi connectivity index (χ4n) is 1.38. The summed E-state index contributed by atoms with van der Waals surface area (Å²) < 4.78 is 19.3. The quantitative estimate of drug-likeness (QED) is 0.713. The lowest BCUT2D eigenvalue weighted by molar-refractivity contribution is 0.302. The van der Waals surface area contributed by atoms with E-state index in [1.807, 2.05) is 0 Å². The predicted molar refractivity (Wildman–Crippen MR) is 74.9 cm³/mol. The molecule has 0 saturated carbocycles. The first-order valence-corrected chi connectivity index (χ1v) is 6.63. The number of rotatable bonds is 3. The van der Waals surface area contributed by atoms with Gasteiger partial charge in [0.2, 0.25) is 0 Å². The fourth-order valence-corrected chi connectivity index (χ4v) is 2.06. The normalized spacial score (nSPS) is 10.4. The lowest BCUT2D eigenvalue weighted by atomic mass is 10.2. The number of ether oxygens (including phenoxy) is 1. The molecular weight excluding hydrogens is 342 g/mol. The van der Waals surface area contributed by atoms with Gasteiger partial charge in [-0.3, -0.25) is 0 Å². The van der Waals surface area contributed by atoms with Crippen LogP contribution in [0.5, 0.6) is 5.75 Å². The van der Waals surface area contributed by atoms with Gasteiger partial charge in [0.05, 0.1) is 14.5 Å². The van der Waals surface area contributed by atoms with E-state index in [0.717, 1.165) is 5.56 Å². The predicted octanol–water partition coefficient (Wildman–Crippen LogP) is 5.47. The van der Waals surface area contributed by atoms with Crippen molar-refractivity contribution in [3.8, 4) is 5.75 Å². The molecule has 0 N–H and O–H groups in total. The van der Waals surface area contributed by atoms with Gasteiger partial charge in [0.1, 0.15) is 18.2 Å². The van der Waals surface area contributed by atoms with Gasteiger partial charge in [-0.15, -0.1) is 0 Å². The molecule has 1 nitrogen and oxygen atoms in total. The second-order valence-electron chi connectivity index (χ2n) is 3.61. The summed E-state index contributed by atoms with van der Waals surface area (Å²) in [7, 11) is 0. The molecule has 0 heterocycles. The third kappa shape index (κ3) is 3.37. The summed E-state index contributed by atoms with van der Waals surface area (Å²) in [4.78, 5) is 0. The van der Waals surface area contributed by atoms with Crippen molar-refractivity contribution in [2.75, 3.05) is 0 Å². The van der Waals surface area contributed by atoms with Crippen LogP contribution in [0, 0.1) is 5.82 Å². The van der Waals surface area contributed by atoms with E-state index >= 15 is 0 Å². The minimum absolute atomic E-state index is 0.291. The van der Waals surface area contributed by atoms with Crippen molar-refractivity contribution >= 4 is 39.1 Å². The second kappa shape index (κ2) is 5.91. The van der Waals surface area contributed by atoms with Crippen molar-refractivity contribution in [3.63, 3.8) is 0 Å². The van der Waals surface area contributed by atoms with Crippen LogP contribution in [0.4, 0.5) is 4.39 Å². The second-order valence-corrected chi connectivity index (χ2v) is 5.28. The van der Waals surface area contributed by atoms with Crippen molar-refractivity contribution in [2.45, 2.75) is 6.61 Å². The minimum Gasteiger partial charge on any atom is -0.488 e. The SMILES string of the molecule is Fc1ccc(Br)c(OCc2ccc(Cl)c(Cl)c2)c1. The zero-order chi connectivity index (χ0) is 13.1. The van der Waals surface area contributed by atoms with Gasteiger partial charge in [-0.2, -0.15) is 0 Å². The number of hydrogen-bond donors (Lipinski definition) is 0. The largest absolute Gasteiger partial charge is 0.488 e. The van der Waals surface area contributed by atoms with Crippen LogP contribution in [0.25, 0.3) is 0 Å². The maximum Gasteiger partial charge on any atom is 0.136 e. The van der Waals surface area contributed by atoms with Crippen molar-refractivity contribution in [1.29, 1.82) is 0 Å². The van der Waals surface area contributed by atoms with Crippen molar-refractivity contribution < 1.29 is 9.13 Å². The molecule has 0 spiro atoms. The molecule has 5 heteroatoms. The monoisotopic (exact) mass is 348 g/mol. The van der Waals surface area contributed by atoms with Crippen LogP contribution in [0.15, 0.2) is 40.9 Å². The summed E-state index contributed by atoms with van der Waals surface area (Å²) in [6.45, 7) is 0.291. The standard InChI is InChI=1S/C13H8BrCl2FO/c14-10-3-2-9(17)6-13(10)18-7-8-1-4-11(15)12(16)5-8/h1-6H,7H2. The zero-order valence-electron chi connectivity index (χ0n) is 9.09. The molecule has 0 fully saturated rings. The van der Waals surface area contributed by atoms with Gasteiger partial charge >= 0.3 is 0 Å². The Morgan fingerprint density at radius 3 is 2.56 bits per heavy atom. The highest BCUT2D eigenvalue weighted by molar-refractivity contribution is 9.10. The summed E-state index contributed by atoms with van der Waals surface area (Å²) in [5.74, 6) is 0.100. The molecule has 94 valence electrons. The number of hydrogen-bond acceptors (Lipinski definition) is 1. The summed E-state index contributed by atoms with van der Waals surface area (Å²) in [6, 6.07) is 9.50. The lowest BCUT2D eigenvalue weighted by Crippen LogP contribution is -1.96. The molecule has 0 atom stereocenters. The molecule has 0 aliphatic rings. The first-order chi connectivity index (χ1) is 8.56. The van der Waals surface area contributed by atoms with E-state index in [1.165, 1.54) is 12.1 Å². The van der Waals surface area contributed by atoms with Crippen molar-refractivity contribution in [2.24, 2.45) is 0 Å². The van der Waals surface area contributed by atoms with Crippen LogP contribution in [0.2, 0.25) is 10.0 Å². The Morgan fingerprint density at radius 1 is 1.06 bits per heavy atom. The molecule has 18 heavy (non-hydrogen) atoms. The topological polar surface area (TPSA) is 9.23 Å². The smallest absolute Gasteiger partial charge is 0.136 e. The highest BCUT2D eigenvalue weighted by Gasteiger charge is 2.05. The highest BCUT2D eigenvalue weighted by Crippen LogP contribution is 2.27. The molecule has 0 aliphatic carbocycles. The summed E-state index contributed by atoms with van der Waals surface area (Å²) in [6.07, 6.45) is 0. The van der Waals surface area contributed by atoms with Crippen LogP contribution < -0.4 is 4.74 Å². The van der Waals surface area contributed by atoms with Crippen LogP contribution in [-0.4, -0.2) is 0 Å². The van der Waals surface area contributed by atoms with Crippen LogP contribution in [0.3, 0.4) is 0 Å². The Morgan fingerprint density at radius 2 is 1.83 bits per heavy atom. The van der Waals surface area contributed by atoms with E-state index in [2.05, 4.69) is 15.9 Å². The molecule has 2 rings (SSSR count). The maximum absolute atomic E-state index is 13.1. The Kier molecular flexibility index (Phi) is 4.49. The van der Waals surface area contributed by atoms with E-state index in [4.69, 9.17) is 27.9 Å². The summed E-state index contributed by atoms with van der Waals surface area (Å²) in [5, 5.41) is 0.962. The molecule has 0 amide bonds. The molecular formula is C13H8BrCl2FO. The van der Waals surface area contributed by atoms with Gasteiger partial charge in [-0.05, 0) is 45.8 Å². The molecule has 2 aromatic rings. The van der Waals surface area contributed by atoms with Crippen LogP contribution in [0.1, 0.15) is 5.56 Å². The third-order valence-electron chi connectivity index (χ3n) is 2.27. The average Bonchev–Trinajstić information content (AvgIpc) is 2.34. The van der Waals surface area contributed by atoms with E-state index in [-0.39, 0.29) is 5.82 Å². The van der Waals surface area contributed by atoms with Crippen LogP contribution >= 0.6 is 39.1 Å². The van der Waals surface area contributed by atoms with E-state index in [1.54, 1.807) is 24.3 Å².